The van der Waals surface area contributed by atoms with Gasteiger partial charge in [-0.2, -0.15) is 0 Å². The van der Waals surface area contributed by atoms with Gasteiger partial charge in [-0.25, -0.2) is 0 Å². The van der Waals surface area contributed by atoms with Crippen molar-refractivity contribution in [3.8, 4) is 11.5 Å². The summed E-state index contributed by atoms with van der Waals surface area (Å²) in [5, 5.41) is 10.8. The maximum atomic E-state index is 12.5. The minimum atomic E-state index is -0.978. The molecule has 0 fully saturated rings. The van der Waals surface area contributed by atoms with Gasteiger partial charge >= 0.3 is 5.97 Å². The molecule has 3 aromatic carbocycles. The lowest BCUT2D eigenvalue weighted by atomic mass is 9.80. The Morgan fingerprint density at radius 2 is 1.24 bits per heavy atom. The number of ether oxygens (including phenoxy) is 4. The number of hydrogen-bond donors (Lipinski definition) is 1. The van der Waals surface area contributed by atoms with Gasteiger partial charge in [-0.1, -0.05) is 54.6 Å². The molecule has 0 unspecified atom stereocenters. The topological polar surface area (TPSA) is 74.2 Å². The summed E-state index contributed by atoms with van der Waals surface area (Å²) in [6, 6.07) is 25.5. The summed E-state index contributed by atoms with van der Waals surface area (Å²) in [5.41, 5.74) is 1.14. The summed E-state index contributed by atoms with van der Waals surface area (Å²) in [5.74, 6) is 0.361. The Balaban J connectivity index is 1.98. The fourth-order valence-corrected chi connectivity index (χ4v) is 4.21. The summed E-state index contributed by atoms with van der Waals surface area (Å²) in [7, 11) is 3.26. The Morgan fingerprint density at radius 1 is 0.784 bits per heavy atom. The first-order valence-electron chi connectivity index (χ1n) is 12.5. The molecule has 6 nitrogen and oxygen atoms in total. The Hall–Kier alpha value is -3.35. The number of methoxy groups -OCH3 is 2. The lowest BCUT2D eigenvalue weighted by molar-refractivity contribution is -0.163. The first-order valence-corrected chi connectivity index (χ1v) is 12.5. The van der Waals surface area contributed by atoms with Gasteiger partial charge in [0, 0.05) is 0 Å². The summed E-state index contributed by atoms with van der Waals surface area (Å²) >= 11 is 0. The number of esters is 1. The average Bonchev–Trinajstić information content (AvgIpc) is 2.90. The van der Waals surface area contributed by atoms with Crippen LogP contribution in [0.4, 0.5) is 0 Å². The summed E-state index contributed by atoms with van der Waals surface area (Å²) < 4.78 is 23.0. The number of benzene rings is 3. The lowest BCUT2D eigenvalue weighted by Gasteiger charge is -2.36. The molecule has 198 valence electrons. The molecule has 3 rings (SSSR count). The quantitative estimate of drug-likeness (QED) is 0.264. The smallest absolute Gasteiger partial charge is 0.311 e. The minimum absolute atomic E-state index is 0.196. The number of hydrogen-bond acceptors (Lipinski definition) is 6. The fraction of sp³-hybridized carbons (Fsp3) is 0.387. The molecule has 37 heavy (non-hydrogen) atoms. The minimum Gasteiger partial charge on any atom is -0.497 e. The van der Waals surface area contributed by atoms with E-state index in [1.54, 1.807) is 21.1 Å². The van der Waals surface area contributed by atoms with E-state index in [4.69, 9.17) is 18.9 Å². The molecule has 0 bridgehead atoms. The molecule has 0 radical (unpaired) electrons. The van der Waals surface area contributed by atoms with Crippen LogP contribution in [0.25, 0.3) is 0 Å². The zero-order valence-electron chi connectivity index (χ0n) is 22.6. The van der Waals surface area contributed by atoms with Crippen molar-refractivity contribution in [3.63, 3.8) is 0 Å². The van der Waals surface area contributed by atoms with Crippen molar-refractivity contribution in [1.82, 2.24) is 0 Å². The molecule has 3 aromatic rings. The Kier molecular flexibility index (Phi) is 9.35. The second-order valence-corrected chi connectivity index (χ2v) is 10.0. The molecular formula is C31H38O6. The molecule has 0 heterocycles. The zero-order valence-corrected chi connectivity index (χ0v) is 22.6. The molecule has 0 aliphatic rings. The van der Waals surface area contributed by atoms with Crippen LogP contribution in [0, 0.1) is 5.92 Å². The first-order chi connectivity index (χ1) is 17.6. The number of carbonyl (C=O) groups excluding carboxylic acids is 1. The zero-order chi connectivity index (χ0) is 27.1. The van der Waals surface area contributed by atoms with Crippen molar-refractivity contribution in [1.29, 1.82) is 0 Å². The fourth-order valence-electron chi connectivity index (χ4n) is 4.21. The van der Waals surface area contributed by atoms with E-state index < -0.39 is 29.2 Å². The molecule has 6 heteroatoms. The van der Waals surface area contributed by atoms with Crippen LogP contribution in [-0.4, -0.2) is 43.6 Å². The SMILES string of the molecule is COc1ccc(C(OCC[C@@H](O)[C@@H](C)C(=O)OC(C)(C)C)(c2ccccc2)c2ccc(OC)cc2)cc1. The maximum absolute atomic E-state index is 12.5. The van der Waals surface area contributed by atoms with E-state index in [0.717, 1.165) is 28.2 Å². The summed E-state index contributed by atoms with van der Waals surface area (Å²) in [6.45, 7) is 7.30. The number of rotatable bonds is 11. The highest BCUT2D eigenvalue weighted by Crippen LogP contribution is 2.41. The Bertz CT molecular complexity index is 1070. The number of aliphatic hydroxyl groups is 1. The van der Waals surface area contributed by atoms with Crippen LogP contribution in [0.15, 0.2) is 78.9 Å². The van der Waals surface area contributed by atoms with Crippen molar-refractivity contribution in [2.45, 2.75) is 51.4 Å². The Morgan fingerprint density at radius 3 is 1.68 bits per heavy atom. The van der Waals surface area contributed by atoms with E-state index in [2.05, 4.69) is 0 Å². The van der Waals surface area contributed by atoms with Crippen molar-refractivity contribution in [3.05, 3.63) is 95.6 Å². The van der Waals surface area contributed by atoms with Crippen LogP contribution in [0.3, 0.4) is 0 Å². The van der Waals surface area contributed by atoms with Crippen molar-refractivity contribution in [2.24, 2.45) is 5.92 Å². The molecule has 0 aromatic heterocycles. The first kappa shape index (κ1) is 28.2. The second kappa shape index (κ2) is 12.3. The van der Waals surface area contributed by atoms with Crippen LogP contribution in [0.5, 0.6) is 11.5 Å². The van der Waals surface area contributed by atoms with E-state index in [0.29, 0.717) is 0 Å². The highest BCUT2D eigenvalue weighted by molar-refractivity contribution is 5.73. The Labute approximate surface area is 220 Å². The van der Waals surface area contributed by atoms with Gasteiger partial charge in [0.15, 0.2) is 0 Å². The monoisotopic (exact) mass is 506 g/mol. The molecule has 0 aliphatic carbocycles. The third kappa shape index (κ3) is 6.90. The standard InChI is InChI=1S/C31H38O6/c1-22(29(33)37-30(2,3)4)28(32)20-21-36-31(23-10-8-7-9-11-23,24-12-16-26(34-5)17-13-24)25-14-18-27(35-6)19-15-25/h7-19,22,28,32H,20-21H2,1-6H3/t22-,28-/m1/s1. The van der Waals surface area contributed by atoms with Gasteiger partial charge in [0.2, 0.25) is 0 Å². The third-order valence-corrected chi connectivity index (χ3v) is 6.26. The molecule has 0 spiro atoms. The van der Waals surface area contributed by atoms with E-state index in [1.807, 2.05) is 99.6 Å². The molecule has 1 N–H and O–H groups in total. The molecule has 0 aliphatic heterocycles. The van der Waals surface area contributed by atoms with Crippen molar-refractivity contribution < 1.29 is 28.8 Å². The van der Waals surface area contributed by atoms with E-state index in [-0.39, 0.29) is 13.0 Å². The van der Waals surface area contributed by atoms with E-state index in [9.17, 15) is 9.90 Å². The highest BCUT2D eigenvalue weighted by Gasteiger charge is 2.38. The summed E-state index contributed by atoms with van der Waals surface area (Å²) in [4.78, 5) is 12.5. The van der Waals surface area contributed by atoms with Crippen LogP contribution in [0.1, 0.15) is 50.8 Å². The normalized spacial score (nSPS) is 13.5. The molecule has 0 saturated heterocycles. The van der Waals surface area contributed by atoms with Gasteiger partial charge in [-0.15, -0.1) is 0 Å². The number of aliphatic hydroxyl groups excluding tert-OH is 1. The second-order valence-electron chi connectivity index (χ2n) is 10.0. The number of carbonyl (C=O) groups is 1. The van der Waals surface area contributed by atoms with Crippen molar-refractivity contribution in [2.75, 3.05) is 20.8 Å². The van der Waals surface area contributed by atoms with Gasteiger partial charge in [-0.3, -0.25) is 4.79 Å². The summed E-state index contributed by atoms with van der Waals surface area (Å²) in [6.07, 6.45) is -0.670. The van der Waals surface area contributed by atoms with Crippen LogP contribution >= 0.6 is 0 Å². The van der Waals surface area contributed by atoms with Crippen LogP contribution in [-0.2, 0) is 19.9 Å². The molecule has 2 atom stereocenters. The molecule has 0 amide bonds. The maximum Gasteiger partial charge on any atom is 0.311 e. The van der Waals surface area contributed by atoms with Crippen LogP contribution < -0.4 is 9.47 Å². The van der Waals surface area contributed by atoms with Gasteiger partial charge < -0.3 is 24.1 Å². The molecular weight excluding hydrogens is 468 g/mol. The predicted molar refractivity (Wildman–Crippen MR) is 144 cm³/mol. The lowest BCUT2D eigenvalue weighted by Crippen LogP contribution is -2.36. The third-order valence-electron chi connectivity index (χ3n) is 6.26. The van der Waals surface area contributed by atoms with Gasteiger partial charge in [-0.05, 0) is 75.1 Å². The largest absolute Gasteiger partial charge is 0.497 e. The average molecular weight is 507 g/mol. The van der Waals surface area contributed by atoms with E-state index >= 15 is 0 Å². The molecule has 0 saturated carbocycles. The van der Waals surface area contributed by atoms with Gasteiger partial charge in [0.05, 0.1) is 32.8 Å². The highest BCUT2D eigenvalue weighted by atomic mass is 16.6. The predicted octanol–water partition coefficient (Wildman–Crippen LogP) is 5.74. The van der Waals surface area contributed by atoms with Crippen LogP contribution in [0.2, 0.25) is 0 Å². The van der Waals surface area contributed by atoms with Crippen molar-refractivity contribution >= 4 is 5.97 Å². The van der Waals surface area contributed by atoms with E-state index in [1.165, 1.54) is 0 Å². The van der Waals surface area contributed by atoms with Gasteiger partial charge in [0.1, 0.15) is 22.7 Å². The van der Waals surface area contributed by atoms with Gasteiger partial charge in [0.25, 0.3) is 0 Å².